The van der Waals surface area contributed by atoms with Crippen molar-refractivity contribution in [2.75, 3.05) is 0 Å². The Balaban J connectivity index is 1.87. The van der Waals surface area contributed by atoms with Crippen LogP contribution in [0, 0.1) is 0 Å². The predicted octanol–water partition coefficient (Wildman–Crippen LogP) is 6.48. The third-order valence-electron chi connectivity index (χ3n) is 3.58. The molecule has 0 aliphatic carbocycles. The van der Waals surface area contributed by atoms with Crippen molar-refractivity contribution in [1.29, 1.82) is 0 Å². The molecule has 2 unspecified atom stereocenters. The smallest absolute Gasteiger partial charge is 0.232 e. The first-order valence-corrected chi connectivity index (χ1v) is 8.85. The van der Waals surface area contributed by atoms with Gasteiger partial charge in [-0.25, -0.2) is 4.99 Å². The summed E-state index contributed by atoms with van der Waals surface area (Å²) in [5.74, 6) is 0.937. The van der Waals surface area contributed by atoms with Gasteiger partial charge in [-0.2, -0.15) is 0 Å². The number of hydrogen-bond donors (Lipinski definition) is 0. The summed E-state index contributed by atoms with van der Waals surface area (Å²) in [5, 5.41) is 1.85. The number of ether oxygens (including phenoxy) is 2. The highest BCUT2D eigenvalue weighted by Crippen LogP contribution is 2.36. The van der Waals surface area contributed by atoms with E-state index in [1.807, 2.05) is 13.0 Å². The highest BCUT2D eigenvalue weighted by molar-refractivity contribution is 6.36. The number of hydrogen-bond acceptors (Lipinski definition) is 3. The lowest BCUT2D eigenvalue weighted by Crippen LogP contribution is -2.47. The van der Waals surface area contributed by atoms with Crippen LogP contribution in [0.1, 0.15) is 6.92 Å². The molecule has 130 valence electrons. The van der Waals surface area contributed by atoms with Crippen LogP contribution in [0.3, 0.4) is 0 Å². The van der Waals surface area contributed by atoms with E-state index in [0.717, 1.165) is 0 Å². The van der Waals surface area contributed by atoms with Crippen LogP contribution in [0.25, 0.3) is 0 Å². The minimum absolute atomic E-state index is 0.393. The molecule has 0 N–H and O–H groups in total. The zero-order chi connectivity index (χ0) is 18.0. The van der Waals surface area contributed by atoms with E-state index in [-0.39, 0.29) is 0 Å². The summed E-state index contributed by atoms with van der Waals surface area (Å²) in [7, 11) is 0. The zero-order valence-corrected chi connectivity index (χ0v) is 16.1. The fourth-order valence-electron chi connectivity index (χ4n) is 2.31. The summed E-state index contributed by atoms with van der Waals surface area (Å²) in [6.07, 6.45) is 4.61. The molecule has 7 heteroatoms. The van der Waals surface area contributed by atoms with E-state index in [1.165, 1.54) is 0 Å². The summed E-state index contributed by atoms with van der Waals surface area (Å²) >= 11 is 24.3. The summed E-state index contributed by atoms with van der Waals surface area (Å²) < 4.78 is 12.1. The highest BCUT2D eigenvalue weighted by Gasteiger charge is 2.38. The van der Waals surface area contributed by atoms with E-state index in [4.69, 9.17) is 55.9 Å². The Kier molecular flexibility index (Phi) is 5.49. The standard InChI is InChI=1S/C18H13Cl4NO2/c1-18(25-16-6-4-12(20)10-14(16)22)7-2-8-23-17(18)24-15-5-3-11(19)9-13(15)21/h2-10,17H,1H3. The number of nitrogens with zero attached hydrogens (tertiary/aromatic N) is 1. The van der Waals surface area contributed by atoms with Gasteiger partial charge in [-0.15, -0.1) is 0 Å². The fourth-order valence-corrected chi connectivity index (χ4v) is 3.21. The maximum Gasteiger partial charge on any atom is 0.232 e. The van der Waals surface area contributed by atoms with Crippen LogP contribution in [0.15, 0.2) is 53.5 Å². The first kappa shape index (κ1) is 18.4. The van der Waals surface area contributed by atoms with Crippen molar-refractivity contribution in [1.82, 2.24) is 0 Å². The van der Waals surface area contributed by atoms with Crippen molar-refractivity contribution in [2.24, 2.45) is 4.99 Å². The topological polar surface area (TPSA) is 30.8 Å². The van der Waals surface area contributed by atoms with Crippen molar-refractivity contribution < 1.29 is 9.47 Å². The summed E-state index contributed by atoms with van der Waals surface area (Å²) in [5.41, 5.74) is -0.894. The third kappa shape index (κ3) is 4.24. The Bertz CT molecular complexity index is 853. The first-order valence-electron chi connectivity index (χ1n) is 7.34. The second-order valence-corrected chi connectivity index (χ2v) is 7.25. The SMILES string of the molecule is CC1(Oc2ccc(Cl)cc2Cl)C=CC=NC1Oc1ccc(Cl)cc1Cl. The molecule has 1 aliphatic rings. The van der Waals surface area contributed by atoms with E-state index in [0.29, 0.717) is 31.6 Å². The summed E-state index contributed by atoms with van der Waals surface area (Å²) in [6.45, 7) is 1.85. The second kappa shape index (κ2) is 7.46. The second-order valence-electron chi connectivity index (χ2n) is 5.56. The Labute approximate surface area is 165 Å². The number of benzene rings is 2. The average Bonchev–Trinajstić information content (AvgIpc) is 2.55. The van der Waals surface area contributed by atoms with E-state index < -0.39 is 11.8 Å². The van der Waals surface area contributed by atoms with Gasteiger partial charge in [0.25, 0.3) is 0 Å². The molecule has 2 atom stereocenters. The van der Waals surface area contributed by atoms with Crippen LogP contribution >= 0.6 is 46.4 Å². The van der Waals surface area contributed by atoms with Crippen LogP contribution in [0.4, 0.5) is 0 Å². The van der Waals surface area contributed by atoms with Gasteiger partial charge in [0.05, 0.1) is 10.0 Å². The number of rotatable bonds is 4. The normalized spacial score (nSPS) is 22.0. The van der Waals surface area contributed by atoms with E-state index in [1.54, 1.807) is 48.7 Å². The summed E-state index contributed by atoms with van der Waals surface area (Å²) in [6, 6.07) is 10.0. The molecule has 1 heterocycles. The van der Waals surface area contributed by atoms with Gasteiger partial charge >= 0.3 is 0 Å². The molecule has 3 rings (SSSR count). The molecule has 0 bridgehead atoms. The van der Waals surface area contributed by atoms with Gasteiger partial charge in [-0.05, 0) is 55.5 Å². The molecule has 2 aromatic rings. The maximum absolute atomic E-state index is 6.21. The Hall–Kier alpha value is -1.39. The minimum atomic E-state index is -0.894. The van der Waals surface area contributed by atoms with E-state index in [9.17, 15) is 0 Å². The van der Waals surface area contributed by atoms with Gasteiger partial charge in [0.2, 0.25) is 6.23 Å². The van der Waals surface area contributed by atoms with Gasteiger partial charge in [-0.3, -0.25) is 0 Å². The van der Waals surface area contributed by atoms with Gasteiger partial charge in [0.15, 0.2) is 5.60 Å². The number of dihydropyridines is 1. The molecular weight excluding hydrogens is 404 g/mol. The molecule has 0 spiro atoms. The summed E-state index contributed by atoms with van der Waals surface area (Å²) in [4.78, 5) is 4.37. The van der Waals surface area contributed by atoms with Crippen molar-refractivity contribution in [3.8, 4) is 11.5 Å². The molecule has 2 aromatic carbocycles. The molecule has 0 saturated heterocycles. The number of halogens is 4. The predicted molar refractivity (Wildman–Crippen MR) is 104 cm³/mol. The van der Waals surface area contributed by atoms with Gasteiger partial charge in [-0.1, -0.05) is 46.4 Å². The molecule has 0 amide bonds. The monoisotopic (exact) mass is 415 g/mol. The number of aliphatic imine (C=N–C) groups is 1. The van der Waals surface area contributed by atoms with Crippen molar-refractivity contribution in [3.63, 3.8) is 0 Å². The highest BCUT2D eigenvalue weighted by atomic mass is 35.5. The lowest BCUT2D eigenvalue weighted by atomic mass is 10.0. The van der Waals surface area contributed by atoms with Crippen molar-refractivity contribution in [3.05, 3.63) is 68.6 Å². The molecule has 1 aliphatic heterocycles. The number of allylic oxidation sites excluding steroid dienone is 1. The molecular formula is C18H13Cl4NO2. The largest absolute Gasteiger partial charge is 0.476 e. The third-order valence-corrected chi connectivity index (χ3v) is 4.64. The molecule has 0 saturated carbocycles. The van der Waals surface area contributed by atoms with Crippen LogP contribution in [-0.2, 0) is 0 Å². The lowest BCUT2D eigenvalue weighted by molar-refractivity contribution is 0.0130. The molecule has 0 radical (unpaired) electrons. The first-order chi connectivity index (χ1) is 11.9. The van der Waals surface area contributed by atoms with Crippen molar-refractivity contribution >= 4 is 52.6 Å². The van der Waals surface area contributed by atoms with Crippen LogP contribution in [0.5, 0.6) is 11.5 Å². The molecule has 25 heavy (non-hydrogen) atoms. The zero-order valence-electron chi connectivity index (χ0n) is 13.0. The van der Waals surface area contributed by atoms with Gasteiger partial charge in [0, 0.05) is 16.3 Å². The van der Waals surface area contributed by atoms with Gasteiger partial charge in [0.1, 0.15) is 11.5 Å². The Morgan fingerprint density at radius 2 is 1.52 bits per heavy atom. The molecule has 0 fully saturated rings. The quantitative estimate of drug-likeness (QED) is 0.570. The average molecular weight is 417 g/mol. The van der Waals surface area contributed by atoms with Crippen LogP contribution < -0.4 is 9.47 Å². The van der Waals surface area contributed by atoms with E-state index >= 15 is 0 Å². The minimum Gasteiger partial charge on any atom is -0.476 e. The van der Waals surface area contributed by atoms with Gasteiger partial charge < -0.3 is 9.47 Å². The molecule has 0 aromatic heterocycles. The van der Waals surface area contributed by atoms with E-state index in [2.05, 4.69) is 4.99 Å². The fraction of sp³-hybridized carbons (Fsp3) is 0.167. The van der Waals surface area contributed by atoms with Crippen molar-refractivity contribution in [2.45, 2.75) is 18.8 Å². The van der Waals surface area contributed by atoms with Crippen LogP contribution in [-0.4, -0.2) is 18.0 Å². The molecule has 3 nitrogen and oxygen atoms in total. The maximum atomic E-state index is 6.21. The van der Waals surface area contributed by atoms with Crippen LogP contribution in [0.2, 0.25) is 20.1 Å². The Morgan fingerprint density at radius 1 is 0.920 bits per heavy atom. The lowest BCUT2D eigenvalue weighted by Gasteiger charge is -2.35. The Morgan fingerprint density at radius 3 is 2.12 bits per heavy atom.